The van der Waals surface area contributed by atoms with E-state index in [9.17, 15) is 5.11 Å². The minimum atomic E-state index is -0.0688. The number of para-hydroxylation sites is 1. The standard InChI is InChI=1S/C16H15NO3/c1-19-16-8-12(9-17)6-7-14(16)11-20-15-5-3-2-4-13(15)10-18/h2-8,18H,10-11H2,1H3. The Kier molecular flexibility index (Phi) is 4.59. The van der Waals surface area contributed by atoms with Crippen LogP contribution >= 0.6 is 0 Å². The van der Waals surface area contributed by atoms with Crippen molar-refractivity contribution in [1.29, 1.82) is 5.26 Å². The third-order valence-corrected chi connectivity index (χ3v) is 2.94. The number of hydrogen-bond donors (Lipinski definition) is 1. The van der Waals surface area contributed by atoms with Gasteiger partial charge in [0.15, 0.2) is 0 Å². The summed E-state index contributed by atoms with van der Waals surface area (Å²) in [6.07, 6.45) is 0. The maximum absolute atomic E-state index is 9.24. The van der Waals surface area contributed by atoms with E-state index in [1.807, 2.05) is 24.3 Å². The largest absolute Gasteiger partial charge is 0.496 e. The molecule has 2 aromatic carbocycles. The van der Waals surface area contributed by atoms with E-state index in [1.165, 1.54) is 0 Å². The number of aliphatic hydroxyl groups is 1. The van der Waals surface area contributed by atoms with E-state index in [0.717, 1.165) is 11.1 Å². The van der Waals surface area contributed by atoms with Crippen molar-refractivity contribution in [2.45, 2.75) is 13.2 Å². The van der Waals surface area contributed by atoms with Crippen molar-refractivity contribution < 1.29 is 14.6 Å². The van der Waals surface area contributed by atoms with Gasteiger partial charge in [-0.25, -0.2) is 0 Å². The quantitative estimate of drug-likeness (QED) is 0.906. The number of aliphatic hydroxyl groups excluding tert-OH is 1. The second-order valence-electron chi connectivity index (χ2n) is 4.19. The normalized spacial score (nSPS) is 9.85. The van der Waals surface area contributed by atoms with Crippen molar-refractivity contribution >= 4 is 0 Å². The number of ether oxygens (including phenoxy) is 2. The number of rotatable bonds is 5. The first kappa shape index (κ1) is 13.9. The predicted molar refractivity (Wildman–Crippen MR) is 74.4 cm³/mol. The Bertz CT molecular complexity index is 632. The fourth-order valence-electron chi connectivity index (χ4n) is 1.86. The molecule has 0 heterocycles. The molecule has 0 spiro atoms. The first-order valence-electron chi connectivity index (χ1n) is 6.17. The Morgan fingerprint density at radius 1 is 1.10 bits per heavy atom. The van der Waals surface area contributed by atoms with Gasteiger partial charge in [-0.1, -0.05) is 24.3 Å². The number of hydrogen-bond acceptors (Lipinski definition) is 4. The van der Waals surface area contributed by atoms with Crippen LogP contribution in [0, 0.1) is 11.3 Å². The smallest absolute Gasteiger partial charge is 0.126 e. The summed E-state index contributed by atoms with van der Waals surface area (Å²) < 4.78 is 11.0. The summed E-state index contributed by atoms with van der Waals surface area (Å²) in [5, 5.41) is 18.1. The molecule has 4 heteroatoms. The van der Waals surface area contributed by atoms with Crippen LogP contribution in [-0.2, 0) is 13.2 Å². The zero-order valence-corrected chi connectivity index (χ0v) is 11.2. The van der Waals surface area contributed by atoms with E-state index in [4.69, 9.17) is 14.7 Å². The third kappa shape index (κ3) is 3.08. The number of nitrogens with zero attached hydrogens (tertiary/aromatic N) is 1. The van der Waals surface area contributed by atoms with E-state index in [-0.39, 0.29) is 6.61 Å². The van der Waals surface area contributed by atoms with Crippen molar-refractivity contribution in [3.63, 3.8) is 0 Å². The van der Waals surface area contributed by atoms with Crippen LogP contribution in [0.4, 0.5) is 0 Å². The minimum Gasteiger partial charge on any atom is -0.496 e. The highest BCUT2D eigenvalue weighted by molar-refractivity contribution is 5.42. The van der Waals surface area contributed by atoms with Gasteiger partial charge in [0.2, 0.25) is 0 Å². The molecular weight excluding hydrogens is 254 g/mol. The Morgan fingerprint density at radius 2 is 1.90 bits per heavy atom. The van der Waals surface area contributed by atoms with Gasteiger partial charge in [0.25, 0.3) is 0 Å². The number of nitriles is 1. The lowest BCUT2D eigenvalue weighted by Gasteiger charge is -2.12. The molecule has 4 nitrogen and oxygen atoms in total. The van der Waals surface area contributed by atoms with Crippen LogP contribution < -0.4 is 9.47 Å². The molecule has 0 fully saturated rings. The van der Waals surface area contributed by atoms with Crippen molar-refractivity contribution in [2.75, 3.05) is 7.11 Å². The molecule has 2 aromatic rings. The van der Waals surface area contributed by atoms with Crippen LogP contribution in [0.3, 0.4) is 0 Å². The van der Waals surface area contributed by atoms with Gasteiger partial charge in [-0.2, -0.15) is 5.26 Å². The molecule has 1 N–H and O–H groups in total. The van der Waals surface area contributed by atoms with E-state index in [0.29, 0.717) is 23.7 Å². The lowest BCUT2D eigenvalue weighted by atomic mass is 10.1. The maximum Gasteiger partial charge on any atom is 0.126 e. The number of benzene rings is 2. The summed E-state index contributed by atoms with van der Waals surface area (Å²) in [7, 11) is 1.56. The highest BCUT2D eigenvalue weighted by Gasteiger charge is 2.07. The molecule has 0 saturated heterocycles. The van der Waals surface area contributed by atoms with Gasteiger partial charge >= 0.3 is 0 Å². The highest BCUT2D eigenvalue weighted by atomic mass is 16.5. The summed E-state index contributed by atoms with van der Waals surface area (Å²) in [5.74, 6) is 1.26. The minimum absolute atomic E-state index is 0.0688. The van der Waals surface area contributed by atoms with E-state index in [2.05, 4.69) is 6.07 Å². The topological polar surface area (TPSA) is 62.5 Å². The fraction of sp³-hybridized carbons (Fsp3) is 0.188. The molecule has 0 radical (unpaired) electrons. The summed E-state index contributed by atoms with van der Waals surface area (Å²) in [5.41, 5.74) is 2.13. The van der Waals surface area contributed by atoms with Crippen LogP contribution in [0.2, 0.25) is 0 Å². The molecule has 0 aliphatic rings. The maximum atomic E-state index is 9.24. The Hall–Kier alpha value is -2.51. The Labute approximate surface area is 117 Å². The van der Waals surface area contributed by atoms with Crippen LogP contribution in [0.1, 0.15) is 16.7 Å². The summed E-state index contributed by atoms with van der Waals surface area (Å²) in [4.78, 5) is 0. The van der Waals surface area contributed by atoms with Gasteiger partial charge in [-0.3, -0.25) is 0 Å². The molecule has 0 aromatic heterocycles. The summed E-state index contributed by atoms with van der Waals surface area (Å²) >= 11 is 0. The second kappa shape index (κ2) is 6.60. The molecule has 0 atom stereocenters. The SMILES string of the molecule is COc1cc(C#N)ccc1COc1ccccc1CO. The monoisotopic (exact) mass is 269 g/mol. The molecule has 0 aliphatic heterocycles. The van der Waals surface area contributed by atoms with Gasteiger partial charge in [-0.05, 0) is 18.2 Å². The molecule has 0 bridgehead atoms. The lowest BCUT2D eigenvalue weighted by molar-refractivity contribution is 0.257. The molecule has 102 valence electrons. The van der Waals surface area contributed by atoms with Crippen LogP contribution in [0.15, 0.2) is 42.5 Å². The van der Waals surface area contributed by atoms with Crippen molar-refractivity contribution in [3.05, 3.63) is 59.2 Å². The second-order valence-corrected chi connectivity index (χ2v) is 4.19. The average molecular weight is 269 g/mol. The predicted octanol–water partition coefficient (Wildman–Crippen LogP) is 2.64. The average Bonchev–Trinajstić information content (AvgIpc) is 2.52. The first-order valence-corrected chi connectivity index (χ1v) is 6.17. The summed E-state index contributed by atoms with van der Waals surface area (Å²) in [6, 6.07) is 14.6. The van der Waals surface area contributed by atoms with Gasteiger partial charge in [0.05, 0.1) is 25.3 Å². The van der Waals surface area contributed by atoms with E-state index in [1.54, 1.807) is 25.3 Å². The van der Waals surface area contributed by atoms with E-state index < -0.39 is 0 Å². The highest BCUT2D eigenvalue weighted by Crippen LogP contribution is 2.24. The third-order valence-electron chi connectivity index (χ3n) is 2.94. The molecule has 0 amide bonds. The molecule has 0 unspecified atom stereocenters. The Balaban J connectivity index is 2.17. The first-order chi connectivity index (χ1) is 9.78. The zero-order chi connectivity index (χ0) is 14.4. The van der Waals surface area contributed by atoms with Gasteiger partial charge < -0.3 is 14.6 Å². The van der Waals surface area contributed by atoms with E-state index >= 15 is 0 Å². The molecule has 0 aliphatic carbocycles. The van der Waals surface area contributed by atoms with Crippen molar-refractivity contribution in [1.82, 2.24) is 0 Å². The molecule has 0 saturated carbocycles. The molecular formula is C16H15NO3. The van der Waals surface area contributed by atoms with Crippen molar-refractivity contribution in [2.24, 2.45) is 0 Å². The Morgan fingerprint density at radius 3 is 2.60 bits per heavy atom. The van der Waals surface area contributed by atoms with Gasteiger partial charge in [-0.15, -0.1) is 0 Å². The van der Waals surface area contributed by atoms with Crippen LogP contribution in [-0.4, -0.2) is 12.2 Å². The molecule has 20 heavy (non-hydrogen) atoms. The fourth-order valence-corrected chi connectivity index (χ4v) is 1.86. The zero-order valence-electron chi connectivity index (χ0n) is 11.2. The van der Waals surface area contributed by atoms with Gasteiger partial charge in [0, 0.05) is 11.1 Å². The van der Waals surface area contributed by atoms with Crippen LogP contribution in [0.25, 0.3) is 0 Å². The number of methoxy groups -OCH3 is 1. The summed E-state index contributed by atoms with van der Waals surface area (Å²) in [6.45, 7) is 0.243. The van der Waals surface area contributed by atoms with Crippen molar-refractivity contribution in [3.8, 4) is 17.6 Å². The van der Waals surface area contributed by atoms with Crippen LogP contribution in [0.5, 0.6) is 11.5 Å². The molecule has 2 rings (SSSR count). The lowest BCUT2D eigenvalue weighted by Crippen LogP contribution is -2.01. The van der Waals surface area contributed by atoms with Gasteiger partial charge in [0.1, 0.15) is 18.1 Å².